The van der Waals surface area contributed by atoms with Crippen LogP contribution in [0.25, 0.3) is 0 Å². The highest BCUT2D eigenvalue weighted by Crippen LogP contribution is 2.40. The molecular weight excluding hydrogens is 344 g/mol. The minimum absolute atomic E-state index is 0.571. The van der Waals surface area contributed by atoms with Crippen molar-refractivity contribution in [2.24, 2.45) is 0 Å². The number of aromatic nitrogens is 2. The zero-order valence-electron chi connectivity index (χ0n) is 15.5. The molecule has 0 aliphatic heterocycles. The van der Waals surface area contributed by atoms with Gasteiger partial charge in [0.2, 0.25) is 0 Å². The van der Waals surface area contributed by atoms with E-state index < -0.39 is 11.6 Å². The Hall–Kier alpha value is -3.43. The van der Waals surface area contributed by atoms with Crippen LogP contribution in [0.2, 0.25) is 0 Å². The number of aliphatic hydroxyl groups excluding tert-OH is 1. The van der Waals surface area contributed by atoms with Crippen LogP contribution in [0.5, 0.6) is 0 Å². The number of hydrogen-bond donors (Lipinski definition) is 1. The molecule has 4 rings (SSSR count). The molecule has 3 nitrogen and oxygen atoms in total. The van der Waals surface area contributed by atoms with Gasteiger partial charge in [0.15, 0.2) is 0 Å². The van der Waals surface area contributed by atoms with Crippen molar-refractivity contribution in [3.05, 3.63) is 138 Å². The first-order valence-electron chi connectivity index (χ1n) is 9.30. The number of hydrogen-bond acceptors (Lipinski definition) is 2. The first-order valence-corrected chi connectivity index (χ1v) is 9.30. The van der Waals surface area contributed by atoms with Crippen molar-refractivity contribution in [2.75, 3.05) is 0 Å². The van der Waals surface area contributed by atoms with Crippen LogP contribution in [0.1, 0.15) is 28.5 Å². The molecule has 0 saturated heterocycles. The average molecular weight is 366 g/mol. The Kier molecular flexibility index (Phi) is 4.92. The van der Waals surface area contributed by atoms with Crippen molar-refractivity contribution in [2.45, 2.75) is 11.6 Å². The molecule has 0 aliphatic carbocycles. The Bertz CT molecular complexity index is 943. The van der Waals surface area contributed by atoms with Crippen LogP contribution in [-0.4, -0.2) is 14.9 Å². The molecular formula is C25H22N2O. The monoisotopic (exact) mass is 366 g/mol. The number of aliphatic hydroxyl groups is 1. The summed E-state index contributed by atoms with van der Waals surface area (Å²) in [5.41, 5.74) is 3.19. The van der Waals surface area contributed by atoms with Crippen molar-refractivity contribution in [3.63, 3.8) is 0 Å². The Labute approximate surface area is 165 Å². The third-order valence-corrected chi connectivity index (χ3v) is 5.05. The van der Waals surface area contributed by atoms with Gasteiger partial charge in [-0.1, -0.05) is 97.1 Å². The molecule has 1 heterocycles. The topological polar surface area (TPSA) is 38.0 Å². The second kappa shape index (κ2) is 7.67. The van der Waals surface area contributed by atoms with Gasteiger partial charge in [-0.05, 0) is 22.8 Å². The molecule has 3 heteroatoms. The smallest absolute Gasteiger partial charge is 0.138 e. The van der Waals surface area contributed by atoms with Gasteiger partial charge < -0.3 is 5.11 Å². The van der Waals surface area contributed by atoms with E-state index in [1.165, 1.54) is 6.08 Å². The summed E-state index contributed by atoms with van der Waals surface area (Å²) >= 11 is 0. The molecule has 0 fully saturated rings. The summed E-state index contributed by atoms with van der Waals surface area (Å²) in [5, 5.41) is 15.0. The summed E-state index contributed by atoms with van der Waals surface area (Å²) in [5.74, 6) is 0. The fourth-order valence-electron chi connectivity index (χ4n) is 3.74. The Morgan fingerprint density at radius 3 is 1.57 bits per heavy atom. The van der Waals surface area contributed by atoms with Crippen molar-refractivity contribution < 1.29 is 5.11 Å². The van der Waals surface area contributed by atoms with E-state index in [9.17, 15) is 5.11 Å². The molecule has 0 spiro atoms. The van der Waals surface area contributed by atoms with Gasteiger partial charge in [0.05, 0.1) is 5.69 Å². The summed E-state index contributed by atoms with van der Waals surface area (Å²) < 4.78 is 1.94. The van der Waals surface area contributed by atoms with E-state index in [-0.39, 0.29) is 0 Å². The zero-order chi connectivity index (χ0) is 19.4. The SMILES string of the molecule is C=CC(O)c1ccn(C(c2ccccc2)(c2ccccc2)c2ccccc2)n1. The Morgan fingerprint density at radius 1 is 0.750 bits per heavy atom. The molecule has 0 radical (unpaired) electrons. The van der Waals surface area contributed by atoms with E-state index in [1.807, 2.05) is 71.5 Å². The highest BCUT2D eigenvalue weighted by atomic mass is 16.3. The molecule has 0 saturated carbocycles. The lowest BCUT2D eigenvalue weighted by atomic mass is 9.77. The molecule has 138 valence electrons. The van der Waals surface area contributed by atoms with Gasteiger partial charge in [0.25, 0.3) is 0 Å². The van der Waals surface area contributed by atoms with Crippen molar-refractivity contribution in [1.29, 1.82) is 0 Å². The van der Waals surface area contributed by atoms with Gasteiger partial charge in [0.1, 0.15) is 11.6 Å². The quantitative estimate of drug-likeness (QED) is 0.388. The maximum absolute atomic E-state index is 10.2. The molecule has 4 aromatic rings. The van der Waals surface area contributed by atoms with Gasteiger partial charge in [-0.15, -0.1) is 6.58 Å². The van der Waals surface area contributed by atoms with E-state index in [0.29, 0.717) is 5.69 Å². The first kappa shape index (κ1) is 18.0. The maximum atomic E-state index is 10.2. The van der Waals surface area contributed by atoms with Gasteiger partial charge in [0, 0.05) is 6.20 Å². The summed E-state index contributed by atoms with van der Waals surface area (Å²) in [6.45, 7) is 3.68. The van der Waals surface area contributed by atoms with Crippen LogP contribution in [0.4, 0.5) is 0 Å². The molecule has 1 atom stereocenters. The van der Waals surface area contributed by atoms with Crippen LogP contribution in [0.3, 0.4) is 0 Å². The van der Waals surface area contributed by atoms with Crippen LogP contribution in [0.15, 0.2) is 116 Å². The highest BCUT2D eigenvalue weighted by Gasteiger charge is 2.39. The number of rotatable bonds is 6. The summed E-state index contributed by atoms with van der Waals surface area (Å²) in [6.07, 6.45) is 2.61. The summed E-state index contributed by atoms with van der Waals surface area (Å²) in [7, 11) is 0. The Balaban J connectivity index is 2.07. The third kappa shape index (κ3) is 2.96. The number of nitrogens with zero attached hydrogens (tertiary/aromatic N) is 2. The van der Waals surface area contributed by atoms with Gasteiger partial charge >= 0.3 is 0 Å². The molecule has 3 aromatic carbocycles. The average Bonchev–Trinajstić information content (AvgIpc) is 3.26. The van der Waals surface area contributed by atoms with Crippen LogP contribution >= 0.6 is 0 Å². The molecule has 0 amide bonds. The van der Waals surface area contributed by atoms with E-state index in [0.717, 1.165) is 16.7 Å². The number of benzene rings is 3. The lowest BCUT2D eigenvalue weighted by molar-refractivity contribution is 0.221. The fraction of sp³-hybridized carbons (Fsp3) is 0.0800. The lowest BCUT2D eigenvalue weighted by Crippen LogP contribution is -2.38. The Morgan fingerprint density at radius 2 is 1.18 bits per heavy atom. The van der Waals surface area contributed by atoms with E-state index in [4.69, 9.17) is 5.10 Å². The summed E-state index contributed by atoms with van der Waals surface area (Å²) in [6, 6.07) is 32.8. The fourth-order valence-corrected chi connectivity index (χ4v) is 3.74. The van der Waals surface area contributed by atoms with Crippen LogP contribution < -0.4 is 0 Å². The standard InChI is InChI=1S/C25H22N2O/c1-2-24(28)23-18-19-27(26-23)25(20-12-6-3-7-13-20,21-14-8-4-9-15-21)22-16-10-5-11-17-22/h2-19,24,28H,1H2. The van der Waals surface area contributed by atoms with Gasteiger partial charge in [-0.3, -0.25) is 4.68 Å². The summed E-state index contributed by atoms with van der Waals surface area (Å²) in [4.78, 5) is 0. The third-order valence-electron chi connectivity index (χ3n) is 5.05. The predicted molar refractivity (Wildman–Crippen MR) is 112 cm³/mol. The van der Waals surface area contributed by atoms with E-state index in [1.54, 1.807) is 0 Å². The van der Waals surface area contributed by atoms with Crippen LogP contribution in [-0.2, 0) is 5.54 Å². The van der Waals surface area contributed by atoms with Crippen molar-refractivity contribution in [3.8, 4) is 0 Å². The van der Waals surface area contributed by atoms with Crippen molar-refractivity contribution in [1.82, 2.24) is 9.78 Å². The van der Waals surface area contributed by atoms with E-state index in [2.05, 4.69) is 43.0 Å². The molecule has 1 unspecified atom stereocenters. The van der Waals surface area contributed by atoms with E-state index >= 15 is 0 Å². The molecule has 0 bridgehead atoms. The first-order chi connectivity index (χ1) is 13.8. The van der Waals surface area contributed by atoms with Crippen LogP contribution in [0, 0.1) is 0 Å². The molecule has 1 aromatic heterocycles. The van der Waals surface area contributed by atoms with Gasteiger partial charge in [-0.25, -0.2) is 0 Å². The van der Waals surface area contributed by atoms with Crippen molar-refractivity contribution >= 4 is 0 Å². The minimum atomic E-state index is -0.804. The second-order valence-electron chi connectivity index (χ2n) is 6.67. The predicted octanol–water partition coefficient (Wildman–Crippen LogP) is 4.94. The molecule has 1 N–H and O–H groups in total. The normalized spacial score (nSPS) is 12.5. The lowest BCUT2D eigenvalue weighted by Gasteiger charge is -2.36. The molecule has 0 aliphatic rings. The zero-order valence-corrected chi connectivity index (χ0v) is 15.5. The molecule has 28 heavy (non-hydrogen) atoms. The maximum Gasteiger partial charge on any atom is 0.138 e. The minimum Gasteiger partial charge on any atom is -0.383 e. The second-order valence-corrected chi connectivity index (χ2v) is 6.67. The highest BCUT2D eigenvalue weighted by molar-refractivity contribution is 5.50. The largest absolute Gasteiger partial charge is 0.383 e. The van der Waals surface area contributed by atoms with Gasteiger partial charge in [-0.2, -0.15) is 5.10 Å².